The number of benzene rings is 1. The highest BCUT2D eigenvalue weighted by atomic mass is 35.5. The lowest BCUT2D eigenvalue weighted by Crippen LogP contribution is -2.48. The maximum atomic E-state index is 13.2. The highest BCUT2D eigenvalue weighted by Crippen LogP contribution is 2.35. The molecule has 1 atom stereocenters. The molecular formula is C23H24ClN3O3S. The molecule has 0 N–H and O–H groups in total. The molecule has 2 aromatic heterocycles. The SMILES string of the molecule is O=C(c1ccco1)N1CCCC(C(=O)N2CCC(c3nc4cc(Cl)ccc4s3)CC2)C1. The Balaban J connectivity index is 1.20. The summed E-state index contributed by atoms with van der Waals surface area (Å²) in [6, 6.07) is 9.22. The van der Waals surface area contributed by atoms with Gasteiger partial charge in [0.1, 0.15) is 0 Å². The smallest absolute Gasteiger partial charge is 0.289 e. The summed E-state index contributed by atoms with van der Waals surface area (Å²) in [4.78, 5) is 34.3. The first-order chi connectivity index (χ1) is 15.1. The Hall–Kier alpha value is -2.38. The largest absolute Gasteiger partial charge is 0.459 e. The number of nitrogens with zero attached hydrogens (tertiary/aromatic N) is 3. The van der Waals surface area contributed by atoms with Gasteiger partial charge >= 0.3 is 0 Å². The minimum atomic E-state index is -0.131. The van der Waals surface area contributed by atoms with Crippen LogP contribution in [0.4, 0.5) is 0 Å². The fourth-order valence-electron chi connectivity index (χ4n) is 4.62. The van der Waals surface area contributed by atoms with E-state index < -0.39 is 0 Å². The summed E-state index contributed by atoms with van der Waals surface area (Å²) in [7, 11) is 0. The van der Waals surface area contributed by atoms with Gasteiger partial charge in [-0.1, -0.05) is 11.6 Å². The van der Waals surface area contributed by atoms with Crippen LogP contribution in [0, 0.1) is 5.92 Å². The second-order valence-corrected chi connectivity index (χ2v) is 9.83. The zero-order valence-corrected chi connectivity index (χ0v) is 18.7. The van der Waals surface area contributed by atoms with Crippen LogP contribution >= 0.6 is 22.9 Å². The summed E-state index contributed by atoms with van der Waals surface area (Å²) in [5.74, 6) is 0.632. The molecule has 3 aromatic rings. The van der Waals surface area contributed by atoms with Crippen LogP contribution in [0.15, 0.2) is 41.0 Å². The van der Waals surface area contributed by atoms with E-state index >= 15 is 0 Å². The Morgan fingerprint density at radius 1 is 1.10 bits per heavy atom. The van der Waals surface area contributed by atoms with Gasteiger partial charge in [0.15, 0.2) is 5.76 Å². The van der Waals surface area contributed by atoms with Crippen molar-refractivity contribution in [2.24, 2.45) is 5.92 Å². The van der Waals surface area contributed by atoms with Gasteiger partial charge in [-0.05, 0) is 56.0 Å². The Morgan fingerprint density at radius 3 is 2.71 bits per heavy atom. The summed E-state index contributed by atoms with van der Waals surface area (Å²) < 4.78 is 6.40. The molecular weight excluding hydrogens is 434 g/mol. The number of thiazole rings is 1. The van der Waals surface area contributed by atoms with Crippen molar-refractivity contribution in [3.63, 3.8) is 0 Å². The highest BCUT2D eigenvalue weighted by Gasteiger charge is 2.34. The molecule has 162 valence electrons. The molecule has 1 aromatic carbocycles. The van der Waals surface area contributed by atoms with Crippen molar-refractivity contribution in [3.8, 4) is 0 Å². The molecule has 2 amide bonds. The van der Waals surface area contributed by atoms with Crippen LogP contribution in [0.5, 0.6) is 0 Å². The highest BCUT2D eigenvalue weighted by molar-refractivity contribution is 7.18. The minimum Gasteiger partial charge on any atom is -0.459 e. The Kier molecular flexibility index (Phi) is 5.71. The molecule has 0 aliphatic carbocycles. The predicted molar refractivity (Wildman–Crippen MR) is 121 cm³/mol. The van der Waals surface area contributed by atoms with Crippen LogP contribution in [0.3, 0.4) is 0 Å². The molecule has 0 radical (unpaired) electrons. The van der Waals surface area contributed by atoms with Gasteiger partial charge in [0.25, 0.3) is 5.91 Å². The summed E-state index contributed by atoms with van der Waals surface area (Å²) in [6.45, 7) is 2.62. The maximum Gasteiger partial charge on any atom is 0.289 e. The van der Waals surface area contributed by atoms with E-state index in [1.165, 1.54) is 6.26 Å². The molecule has 2 aliphatic rings. The van der Waals surface area contributed by atoms with Crippen LogP contribution in [0.1, 0.15) is 47.2 Å². The fourth-order valence-corrected chi connectivity index (χ4v) is 5.90. The average Bonchev–Trinajstić information content (AvgIpc) is 3.48. The number of aromatic nitrogens is 1. The molecule has 0 spiro atoms. The number of piperidine rings is 2. The lowest BCUT2D eigenvalue weighted by Gasteiger charge is -2.37. The van der Waals surface area contributed by atoms with E-state index in [1.807, 2.05) is 23.1 Å². The number of furan rings is 1. The van der Waals surface area contributed by atoms with Gasteiger partial charge in [-0.25, -0.2) is 4.98 Å². The summed E-state index contributed by atoms with van der Waals surface area (Å²) >= 11 is 7.82. The van der Waals surface area contributed by atoms with Crippen molar-refractivity contribution in [2.45, 2.75) is 31.6 Å². The number of halogens is 1. The van der Waals surface area contributed by atoms with Crippen molar-refractivity contribution in [1.29, 1.82) is 0 Å². The first-order valence-electron chi connectivity index (χ1n) is 10.8. The van der Waals surface area contributed by atoms with Gasteiger partial charge in [-0.3, -0.25) is 9.59 Å². The number of carbonyl (C=O) groups excluding carboxylic acids is 2. The van der Waals surface area contributed by atoms with Gasteiger partial charge in [-0.15, -0.1) is 11.3 Å². The lowest BCUT2D eigenvalue weighted by molar-refractivity contribution is -0.138. The van der Waals surface area contributed by atoms with E-state index in [2.05, 4.69) is 0 Å². The topological polar surface area (TPSA) is 66.7 Å². The van der Waals surface area contributed by atoms with E-state index in [9.17, 15) is 9.59 Å². The standard InChI is InChI=1S/C23H24ClN3O3S/c24-17-5-6-20-18(13-17)25-21(31-20)15-7-10-26(11-8-15)22(28)16-3-1-9-27(14-16)23(29)19-4-2-12-30-19/h2,4-6,12-13,15-16H,1,3,7-11,14H2. The molecule has 2 fully saturated rings. The summed E-state index contributed by atoms with van der Waals surface area (Å²) in [5, 5.41) is 1.84. The molecule has 8 heteroatoms. The van der Waals surface area contributed by atoms with Gasteiger partial charge in [-0.2, -0.15) is 0 Å². The molecule has 0 bridgehead atoms. The molecule has 0 saturated carbocycles. The minimum absolute atomic E-state index is 0.128. The van der Waals surface area contributed by atoms with Crippen LogP contribution in [-0.4, -0.2) is 52.8 Å². The maximum absolute atomic E-state index is 13.2. The first kappa shape index (κ1) is 20.5. The van der Waals surface area contributed by atoms with E-state index in [0.717, 1.165) is 54.0 Å². The number of rotatable bonds is 3. The monoisotopic (exact) mass is 457 g/mol. The van der Waals surface area contributed by atoms with E-state index in [-0.39, 0.29) is 17.7 Å². The third kappa shape index (κ3) is 4.21. The molecule has 2 aliphatic heterocycles. The average molecular weight is 458 g/mol. The Bertz CT molecular complexity index is 1090. The zero-order valence-electron chi connectivity index (χ0n) is 17.1. The Morgan fingerprint density at radius 2 is 1.94 bits per heavy atom. The molecule has 5 rings (SSSR count). The fraction of sp³-hybridized carbons (Fsp3) is 0.435. The van der Waals surface area contributed by atoms with E-state index in [0.29, 0.717) is 29.8 Å². The number of hydrogen-bond donors (Lipinski definition) is 0. The van der Waals surface area contributed by atoms with Crippen LogP contribution < -0.4 is 0 Å². The van der Waals surface area contributed by atoms with Crippen LogP contribution in [-0.2, 0) is 4.79 Å². The van der Waals surface area contributed by atoms with Gasteiger partial charge in [0, 0.05) is 37.1 Å². The third-order valence-corrected chi connectivity index (χ3v) is 7.75. The summed E-state index contributed by atoms with van der Waals surface area (Å²) in [5.41, 5.74) is 0.953. The van der Waals surface area contributed by atoms with Gasteiger partial charge in [0.2, 0.25) is 5.91 Å². The predicted octanol–water partition coefficient (Wildman–Crippen LogP) is 4.80. The number of likely N-dealkylation sites (tertiary alicyclic amines) is 2. The van der Waals surface area contributed by atoms with E-state index in [4.69, 9.17) is 21.0 Å². The van der Waals surface area contributed by atoms with E-state index in [1.54, 1.807) is 28.4 Å². The van der Waals surface area contributed by atoms with Crippen molar-refractivity contribution < 1.29 is 14.0 Å². The van der Waals surface area contributed by atoms with Crippen molar-refractivity contribution in [2.75, 3.05) is 26.2 Å². The van der Waals surface area contributed by atoms with Gasteiger partial charge < -0.3 is 14.2 Å². The van der Waals surface area contributed by atoms with Crippen LogP contribution in [0.25, 0.3) is 10.2 Å². The number of hydrogen-bond acceptors (Lipinski definition) is 5. The van der Waals surface area contributed by atoms with Crippen molar-refractivity contribution in [3.05, 3.63) is 52.4 Å². The Labute approximate surface area is 189 Å². The number of amides is 2. The normalized spacial score (nSPS) is 20.4. The third-order valence-electron chi connectivity index (χ3n) is 6.31. The number of carbonyl (C=O) groups is 2. The quantitative estimate of drug-likeness (QED) is 0.566. The second-order valence-electron chi connectivity index (χ2n) is 8.33. The first-order valence-corrected chi connectivity index (χ1v) is 12.0. The molecule has 2 saturated heterocycles. The molecule has 31 heavy (non-hydrogen) atoms. The van der Waals surface area contributed by atoms with Crippen molar-refractivity contribution >= 4 is 45.0 Å². The van der Waals surface area contributed by atoms with Crippen molar-refractivity contribution in [1.82, 2.24) is 14.8 Å². The summed E-state index contributed by atoms with van der Waals surface area (Å²) in [6.07, 6.45) is 5.01. The molecule has 1 unspecified atom stereocenters. The van der Waals surface area contributed by atoms with Gasteiger partial charge in [0.05, 0.1) is 27.4 Å². The molecule has 6 nitrogen and oxygen atoms in total. The second kappa shape index (κ2) is 8.63. The molecule has 4 heterocycles. The lowest BCUT2D eigenvalue weighted by atomic mass is 9.93. The number of fused-ring (bicyclic) bond motifs is 1. The zero-order chi connectivity index (χ0) is 21.4. The van der Waals surface area contributed by atoms with Crippen LogP contribution in [0.2, 0.25) is 5.02 Å².